The maximum Gasteiger partial charge on any atom is 0.328 e. The minimum absolute atomic E-state index is 0.0755. The second kappa shape index (κ2) is 3.77. The molecule has 1 heterocycles. The predicted molar refractivity (Wildman–Crippen MR) is 76.2 cm³/mol. The van der Waals surface area contributed by atoms with Crippen molar-refractivity contribution in [2.45, 2.75) is 0 Å². The molecular formula is C13H10Cl2N2O. The van der Waals surface area contributed by atoms with Crippen LogP contribution in [0.4, 0.5) is 16.2 Å². The Kier molecular flexibility index (Phi) is 2.44. The van der Waals surface area contributed by atoms with Gasteiger partial charge in [-0.1, -0.05) is 23.2 Å². The second-order valence-corrected chi connectivity index (χ2v) is 5.10. The van der Waals surface area contributed by atoms with Crippen LogP contribution in [0.3, 0.4) is 0 Å². The third-order valence-corrected chi connectivity index (χ3v) is 3.94. The zero-order chi connectivity index (χ0) is 13.0. The van der Waals surface area contributed by atoms with Crippen molar-refractivity contribution >= 4 is 51.4 Å². The van der Waals surface area contributed by atoms with Crippen LogP contribution < -0.4 is 9.80 Å². The fraction of sp³-hybridized carbons (Fsp3) is 0.154. The molecule has 3 nitrogen and oxygen atoms in total. The summed E-state index contributed by atoms with van der Waals surface area (Å²) in [6, 6.07) is 7.15. The number of halogens is 2. The first-order chi connectivity index (χ1) is 8.52. The smallest absolute Gasteiger partial charge is 0.296 e. The van der Waals surface area contributed by atoms with Gasteiger partial charge in [-0.25, -0.2) is 4.79 Å². The normalized spacial score (nSPS) is 14.6. The van der Waals surface area contributed by atoms with E-state index < -0.39 is 0 Å². The van der Waals surface area contributed by atoms with Gasteiger partial charge in [0.25, 0.3) is 0 Å². The van der Waals surface area contributed by atoms with Gasteiger partial charge < -0.3 is 0 Å². The molecule has 0 aliphatic carbocycles. The maximum atomic E-state index is 12.1. The highest BCUT2D eigenvalue weighted by Crippen LogP contribution is 2.44. The van der Waals surface area contributed by atoms with Crippen LogP contribution in [0.2, 0.25) is 10.0 Å². The number of carbonyl (C=O) groups excluding carboxylic acids is 1. The summed E-state index contributed by atoms with van der Waals surface area (Å²) in [7, 11) is 3.48. The van der Waals surface area contributed by atoms with Gasteiger partial charge in [-0.15, -0.1) is 0 Å². The summed E-state index contributed by atoms with van der Waals surface area (Å²) >= 11 is 12.4. The van der Waals surface area contributed by atoms with E-state index in [2.05, 4.69) is 0 Å². The SMILES string of the molecule is CN1C(=O)N(C)c2ccc(Cl)c3c(Cl)ccc1c23. The largest absolute Gasteiger partial charge is 0.328 e. The molecule has 1 aliphatic rings. The Labute approximate surface area is 114 Å². The average molecular weight is 281 g/mol. The molecule has 3 rings (SSSR count). The quantitative estimate of drug-likeness (QED) is 0.711. The highest BCUT2D eigenvalue weighted by atomic mass is 35.5. The van der Waals surface area contributed by atoms with Crippen LogP contribution in [0.5, 0.6) is 0 Å². The highest BCUT2D eigenvalue weighted by Gasteiger charge is 2.28. The van der Waals surface area contributed by atoms with E-state index in [9.17, 15) is 4.79 Å². The van der Waals surface area contributed by atoms with Gasteiger partial charge in [0.15, 0.2) is 0 Å². The van der Waals surface area contributed by atoms with Gasteiger partial charge in [0, 0.05) is 24.9 Å². The van der Waals surface area contributed by atoms with Crippen molar-refractivity contribution in [3.05, 3.63) is 34.3 Å². The fourth-order valence-corrected chi connectivity index (χ4v) is 2.93. The fourth-order valence-electron chi connectivity index (χ4n) is 2.37. The lowest BCUT2D eigenvalue weighted by atomic mass is 10.0. The van der Waals surface area contributed by atoms with Crippen molar-refractivity contribution in [1.82, 2.24) is 0 Å². The van der Waals surface area contributed by atoms with Crippen molar-refractivity contribution in [3.63, 3.8) is 0 Å². The van der Waals surface area contributed by atoms with Gasteiger partial charge in [0.05, 0.1) is 21.4 Å². The molecular weight excluding hydrogens is 271 g/mol. The molecule has 0 atom stereocenters. The standard InChI is InChI=1S/C13H10Cl2N2O/c1-16-9-5-3-7(14)11-8(15)4-6-10(12(9)11)17(2)13(16)18/h3-6H,1-2H3. The Balaban J connectivity index is 2.53. The molecule has 18 heavy (non-hydrogen) atoms. The molecule has 0 fully saturated rings. The van der Waals surface area contributed by atoms with Crippen molar-refractivity contribution in [2.24, 2.45) is 0 Å². The first-order valence-corrected chi connectivity index (χ1v) is 6.20. The lowest BCUT2D eigenvalue weighted by Gasteiger charge is -2.33. The molecule has 0 spiro atoms. The number of urea groups is 1. The van der Waals surface area contributed by atoms with E-state index in [0.29, 0.717) is 10.0 Å². The summed E-state index contributed by atoms with van der Waals surface area (Å²) in [6.07, 6.45) is 0. The van der Waals surface area contributed by atoms with E-state index in [1.54, 1.807) is 36.0 Å². The van der Waals surface area contributed by atoms with Crippen molar-refractivity contribution in [1.29, 1.82) is 0 Å². The number of amides is 2. The van der Waals surface area contributed by atoms with Crippen LogP contribution in [0.1, 0.15) is 0 Å². The van der Waals surface area contributed by atoms with Crippen LogP contribution in [-0.4, -0.2) is 20.1 Å². The molecule has 0 saturated heterocycles. The summed E-state index contributed by atoms with van der Waals surface area (Å²) in [6.45, 7) is 0. The van der Waals surface area contributed by atoms with E-state index in [4.69, 9.17) is 23.2 Å². The topological polar surface area (TPSA) is 23.6 Å². The van der Waals surface area contributed by atoms with E-state index in [-0.39, 0.29) is 6.03 Å². The zero-order valence-electron chi connectivity index (χ0n) is 9.87. The van der Waals surface area contributed by atoms with Crippen molar-refractivity contribution in [2.75, 3.05) is 23.9 Å². The lowest BCUT2D eigenvalue weighted by Crippen LogP contribution is -2.41. The molecule has 0 unspecified atom stereocenters. The van der Waals surface area contributed by atoms with Crippen LogP contribution in [0.15, 0.2) is 24.3 Å². The van der Waals surface area contributed by atoms with Crippen LogP contribution in [-0.2, 0) is 0 Å². The predicted octanol–water partition coefficient (Wildman–Crippen LogP) is 4.15. The third-order valence-electron chi connectivity index (χ3n) is 3.31. The third kappa shape index (κ3) is 1.35. The zero-order valence-corrected chi connectivity index (χ0v) is 11.4. The number of anilines is 2. The molecule has 0 N–H and O–H groups in total. The van der Waals surface area contributed by atoms with Gasteiger partial charge >= 0.3 is 6.03 Å². The number of carbonyl (C=O) groups is 1. The maximum absolute atomic E-state index is 12.1. The van der Waals surface area contributed by atoms with Crippen molar-refractivity contribution in [3.8, 4) is 0 Å². The van der Waals surface area contributed by atoms with Crippen LogP contribution in [0.25, 0.3) is 10.8 Å². The van der Waals surface area contributed by atoms with Gasteiger partial charge in [-0.2, -0.15) is 0 Å². The lowest BCUT2D eigenvalue weighted by molar-refractivity contribution is 0.253. The van der Waals surface area contributed by atoms with E-state index in [1.807, 2.05) is 12.1 Å². The van der Waals surface area contributed by atoms with E-state index in [0.717, 1.165) is 22.1 Å². The van der Waals surface area contributed by atoms with Crippen molar-refractivity contribution < 1.29 is 4.79 Å². The highest BCUT2D eigenvalue weighted by molar-refractivity contribution is 6.44. The number of benzene rings is 2. The minimum atomic E-state index is -0.0755. The Bertz CT molecular complexity index is 631. The first-order valence-electron chi connectivity index (χ1n) is 5.44. The number of nitrogens with zero attached hydrogens (tertiary/aromatic N) is 2. The monoisotopic (exact) mass is 280 g/mol. The Morgan fingerprint density at radius 3 is 1.72 bits per heavy atom. The molecule has 0 aromatic heterocycles. The summed E-state index contributed by atoms with van der Waals surface area (Å²) in [4.78, 5) is 15.3. The molecule has 5 heteroatoms. The van der Waals surface area contributed by atoms with Crippen LogP contribution in [0, 0.1) is 0 Å². The van der Waals surface area contributed by atoms with E-state index >= 15 is 0 Å². The number of rotatable bonds is 0. The summed E-state index contributed by atoms with van der Waals surface area (Å²) < 4.78 is 0. The molecule has 0 saturated carbocycles. The number of hydrogen-bond acceptors (Lipinski definition) is 1. The molecule has 0 radical (unpaired) electrons. The Morgan fingerprint density at radius 1 is 0.833 bits per heavy atom. The summed E-state index contributed by atoms with van der Waals surface area (Å²) in [5.74, 6) is 0. The molecule has 0 bridgehead atoms. The van der Waals surface area contributed by atoms with Gasteiger partial charge in [0.1, 0.15) is 0 Å². The Morgan fingerprint density at radius 2 is 1.28 bits per heavy atom. The second-order valence-electron chi connectivity index (χ2n) is 4.28. The molecule has 2 amide bonds. The summed E-state index contributed by atoms with van der Waals surface area (Å²) in [5.41, 5.74) is 1.66. The molecule has 1 aliphatic heterocycles. The van der Waals surface area contributed by atoms with E-state index in [1.165, 1.54) is 0 Å². The first kappa shape index (κ1) is 11.6. The molecule has 92 valence electrons. The average Bonchev–Trinajstić information content (AvgIpc) is 2.35. The molecule has 2 aromatic rings. The van der Waals surface area contributed by atoms with Gasteiger partial charge in [0.2, 0.25) is 0 Å². The van der Waals surface area contributed by atoms with Crippen LogP contribution >= 0.6 is 23.2 Å². The Hall–Kier alpha value is -1.45. The minimum Gasteiger partial charge on any atom is -0.296 e. The summed E-state index contributed by atoms with van der Waals surface area (Å²) in [5, 5.41) is 2.90. The number of hydrogen-bond donors (Lipinski definition) is 0. The van der Waals surface area contributed by atoms with Gasteiger partial charge in [-0.3, -0.25) is 9.80 Å². The van der Waals surface area contributed by atoms with Gasteiger partial charge in [-0.05, 0) is 24.3 Å². The molecule has 2 aromatic carbocycles.